The second kappa shape index (κ2) is 7.53. The molecular weight excluding hydrogens is 352 g/mol. The lowest BCUT2D eigenvalue weighted by molar-refractivity contribution is -0.153. The number of amides is 1. The fourth-order valence-electron chi connectivity index (χ4n) is 2.52. The molecular formula is C19H18N2O4S. The summed E-state index contributed by atoms with van der Waals surface area (Å²) in [6, 6.07) is 13.4. The van der Waals surface area contributed by atoms with Crippen LogP contribution in [0.2, 0.25) is 0 Å². The minimum Gasteiger partial charge on any atom is -0.451 e. The molecule has 0 spiro atoms. The Balaban J connectivity index is 1.61. The second-order valence-electron chi connectivity index (χ2n) is 5.91. The molecule has 0 aliphatic rings. The summed E-state index contributed by atoms with van der Waals surface area (Å²) in [6.45, 7) is 3.03. The molecule has 26 heavy (non-hydrogen) atoms. The van der Waals surface area contributed by atoms with Gasteiger partial charge in [0.2, 0.25) is 0 Å². The van der Waals surface area contributed by atoms with Gasteiger partial charge >= 0.3 is 10.8 Å². The number of nitrogens with zero attached hydrogens (tertiary/aromatic N) is 1. The monoisotopic (exact) mass is 370 g/mol. The average molecular weight is 370 g/mol. The molecule has 0 unspecified atom stereocenters. The number of aryl methyl sites for hydroxylation is 1. The summed E-state index contributed by atoms with van der Waals surface area (Å²) in [5.41, 5.74) is 1.31. The lowest BCUT2D eigenvalue weighted by Crippen LogP contribution is -2.32. The fourth-order valence-corrected chi connectivity index (χ4v) is 3.26. The van der Waals surface area contributed by atoms with E-state index in [9.17, 15) is 14.4 Å². The van der Waals surface area contributed by atoms with E-state index in [2.05, 4.69) is 5.32 Å². The first kappa shape index (κ1) is 17.9. The van der Waals surface area contributed by atoms with Crippen LogP contribution in [0.3, 0.4) is 0 Å². The van der Waals surface area contributed by atoms with Gasteiger partial charge in [0.05, 0.1) is 0 Å². The van der Waals surface area contributed by atoms with E-state index in [1.807, 2.05) is 36.4 Å². The van der Waals surface area contributed by atoms with Crippen LogP contribution in [0.15, 0.2) is 52.6 Å². The Labute approximate surface area is 154 Å². The van der Waals surface area contributed by atoms with Gasteiger partial charge in [0.15, 0.2) is 6.10 Å². The molecule has 6 nitrogen and oxygen atoms in total. The lowest BCUT2D eigenvalue weighted by atomic mass is 10.1. The molecule has 0 fully saturated rings. The number of aromatic nitrogens is 1. The van der Waals surface area contributed by atoms with Gasteiger partial charge < -0.3 is 10.1 Å². The first-order valence-corrected chi connectivity index (χ1v) is 8.96. The zero-order valence-corrected chi connectivity index (χ0v) is 15.2. The van der Waals surface area contributed by atoms with Crippen LogP contribution in [-0.4, -0.2) is 22.5 Å². The zero-order chi connectivity index (χ0) is 18.7. The van der Waals surface area contributed by atoms with Crippen molar-refractivity contribution in [3.05, 3.63) is 63.2 Å². The number of ether oxygens (including phenoxy) is 1. The van der Waals surface area contributed by atoms with Gasteiger partial charge in [-0.3, -0.25) is 19.0 Å². The highest BCUT2D eigenvalue weighted by atomic mass is 32.1. The number of hydrogen-bond acceptors (Lipinski definition) is 5. The minimum atomic E-state index is -0.969. The molecule has 1 amide bonds. The van der Waals surface area contributed by atoms with E-state index in [0.717, 1.165) is 22.1 Å². The van der Waals surface area contributed by atoms with Gasteiger partial charge in [-0.2, -0.15) is 0 Å². The molecule has 0 aliphatic heterocycles. The molecule has 1 aromatic heterocycles. The van der Waals surface area contributed by atoms with Gasteiger partial charge in [-0.25, -0.2) is 0 Å². The number of thiazole rings is 1. The second-order valence-corrected chi connectivity index (χ2v) is 6.73. The summed E-state index contributed by atoms with van der Waals surface area (Å²) in [5, 5.41) is 6.48. The van der Waals surface area contributed by atoms with Crippen molar-refractivity contribution in [1.82, 2.24) is 4.57 Å². The molecule has 2 aromatic carbocycles. The Hall–Kier alpha value is -2.93. The van der Waals surface area contributed by atoms with Crippen LogP contribution >= 0.6 is 11.3 Å². The van der Waals surface area contributed by atoms with E-state index in [0.29, 0.717) is 11.4 Å². The van der Waals surface area contributed by atoms with Crippen molar-refractivity contribution in [2.45, 2.75) is 26.5 Å². The third-order valence-electron chi connectivity index (χ3n) is 3.96. The Morgan fingerprint density at radius 3 is 2.62 bits per heavy atom. The van der Waals surface area contributed by atoms with Crippen LogP contribution < -0.4 is 10.2 Å². The Morgan fingerprint density at radius 1 is 1.19 bits per heavy atom. The molecule has 3 aromatic rings. The number of anilines is 1. The summed E-state index contributed by atoms with van der Waals surface area (Å²) >= 11 is 1.02. The highest BCUT2D eigenvalue weighted by molar-refractivity contribution is 7.07. The largest absolute Gasteiger partial charge is 0.451 e. The van der Waals surface area contributed by atoms with E-state index < -0.39 is 18.0 Å². The summed E-state index contributed by atoms with van der Waals surface area (Å²) in [5.74, 6) is -1.06. The Morgan fingerprint density at radius 2 is 1.92 bits per heavy atom. The van der Waals surface area contributed by atoms with Crippen LogP contribution in [0.4, 0.5) is 5.69 Å². The van der Waals surface area contributed by atoms with Crippen molar-refractivity contribution < 1.29 is 14.3 Å². The molecule has 1 N–H and O–H groups in total. The van der Waals surface area contributed by atoms with Crippen LogP contribution in [0.1, 0.15) is 12.6 Å². The molecule has 0 radical (unpaired) electrons. The van der Waals surface area contributed by atoms with Crippen molar-refractivity contribution in [3.8, 4) is 0 Å². The molecule has 3 rings (SSSR count). The van der Waals surface area contributed by atoms with Crippen LogP contribution in [0, 0.1) is 6.92 Å². The van der Waals surface area contributed by atoms with E-state index in [-0.39, 0.29) is 11.4 Å². The fraction of sp³-hybridized carbons (Fsp3) is 0.211. The highest BCUT2D eigenvalue weighted by Gasteiger charge is 2.19. The Kier molecular flexibility index (Phi) is 5.18. The molecule has 1 heterocycles. The van der Waals surface area contributed by atoms with Crippen LogP contribution in [-0.2, 0) is 20.9 Å². The van der Waals surface area contributed by atoms with Gasteiger partial charge in [0.25, 0.3) is 5.91 Å². The topological polar surface area (TPSA) is 77.4 Å². The number of carbonyl (C=O) groups excluding carboxylic acids is 2. The van der Waals surface area contributed by atoms with Gasteiger partial charge in [-0.05, 0) is 36.8 Å². The maximum Gasteiger partial charge on any atom is 0.326 e. The number of fused-ring (bicyclic) bond motifs is 1. The molecule has 0 saturated carbocycles. The number of benzene rings is 2. The quantitative estimate of drug-likeness (QED) is 0.701. The third-order valence-corrected chi connectivity index (χ3v) is 4.84. The van der Waals surface area contributed by atoms with E-state index >= 15 is 0 Å². The Bertz CT molecular complexity index is 1020. The van der Waals surface area contributed by atoms with Crippen molar-refractivity contribution in [2.75, 3.05) is 5.32 Å². The van der Waals surface area contributed by atoms with Crippen molar-refractivity contribution in [1.29, 1.82) is 0 Å². The predicted octanol–water partition coefficient (Wildman–Crippen LogP) is 2.94. The molecule has 0 saturated heterocycles. The maximum absolute atomic E-state index is 12.3. The van der Waals surface area contributed by atoms with Crippen LogP contribution in [0.25, 0.3) is 10.8 Å². The summed E-state index contributed by atoms with van der Waals surface area (Å²) < 4.78 is 6.47. The average Bonchev–Trinajstić information content (AvgIpc) is 2.93. The lowest BCUT2D eigenvalue weighted by Gasteiger charge is -2.14. The molecule has 7 heteroatoms. The van der Waals surface area contributed by atoms with E-state index in [1.165, 1.54) is 11.5 Å². The predicted molar refractivity (Wildman–Crippen MR) is 101 cm³/mol. The SMILES string of the molecule is Cc1csc(=O)n1CC(=O)O[C@H](C)C(=O)Nc1ccc2ccccc2c1. The van der Waals surface area contributed by atoms with Crippen molar-refractivity contribution >= 4 is 39.7 Å². The minimum absolute atomic E-state index is 0.207. The third kappa shape index (κ3) is 4.00. The van der Waals surface area contributed by atoms with Gasteiger partial charge in [-0.1, -0.05) is 41.7 Å². The van der Waals surface area contributed by atoms with Gasteiger partial charge in [0.1, 0.15) is 6.54 Å². The molecule has 134 valence electrons. The number of rotatable bonds is 5. The summed E-state index contributed by atoms with van der Waals surface area (Å²) in [6.07, 6.45) is -0.969. The highest BCUT2D eigenvalue weighted by Crippen LogP contribution is 2.19. The summed E-state index contributed by atoms with van der Waals surface area (Å²) in [4.78, 5) is 35.7. The standard InChI is InChI=1S/C19H18N2O4S/c1-12-11-26-19(24)21(12)10-17(22)25-13(2)18(23)20-16-8-7-14-5-3-4-6-15(14)9-16/h3-9,11,13H,10H2,1-2H3,(H,20,23)/t13-/m1/s1. The maximum atomic E-state index is 12.3. The van der Waals surface area contributed by atoms with Crippen molar-refractivity contribution in [3.63, 3.8) is 0 Å². The normalized spacial score (nSPS) is 11.9. The van der Waals surface area contributed by atoms with Crippen LogP contribution in [0.5, 0.6) is 0 Å². The molecule has 0 bridgehead atoms. The van der Waals surface area contributed by atoms with Gasteiger partial charge in [-0.15, -0.1) is 0 Å². The number of esters is 1. The van der Waals surface area contributed by atoms with E-state index in [1.54, 1.807) is 18.4 Å². The van der Waals surface area contributed by atoms with Gasteiger partial charge in [0, 0.05) is 16.8 Å². The van der Waals surface area contributed by atoms with E-state index in [4.69, 9.17) is 4.74 Å². The summed E-state index contributed by atoms with van der Waals surface area (Å²) in [7, 11) is 0. The zero-order valence-electron chi connectivity index (χ0n) is 14.4. The first-order chi connectivity index (χ1) is 12.4. The number of carbonyl (C=O) groups is 2. The number of nitrogens with one attached hydrogen (secondary N) is 1. The molecule has 0 aliphatic carbocycles. The van der Waals surface area contributed by atoms with Crippen molar-refractivity contribution in [2.24, 2.45) is 0 Å². The first-order valence-electron chi connectivity index (χ1n) is 8.08. The molecule has 1 atom stereocenters. The number of hydrogen-bond donors (Lipinski definition) is 1. The smallest absolute Gasteiger partial charge is 0.326 e.